The van der Waals surface area contributed by atoms with Crippen LogP contribution in [0.4, 0.5) is 5.69 Å². The SMILES string of the molecule is CC(=O)Nc1ccc(SCCCc2nc(-c3ccncc3)no2)cc1. The molecule has 0 unspecified atom stereocenters. The van der Waals surface area contributed by atoms with Gasteiger partial charge in [-0.2, -0.15) is 4.98 Å². The average Bonchev–Trinajstić information content (AvgIpc) is 3.09. The smallest absolute Gasteiger partial charge is 0.226 e. The molecule has 1 N–H and O–H groups in total. The van der Waals surface area contributed by atoms with Gasteiger partial charge in [0.05, 0.1) is 0 Å². The molecule has 7 heteroatoms. The normalized spacial score (nSPS) is 10.6. The summed E-state index contributed by atoms with van der Waals surface area (Å²) in [5, 5.41) is 6.76. The third-order valence-electron chi connectivity index (χ3n) is 3.39. The number of rotatable bonds is 7. The molecule has 0 fully saturated rings. The third kappa shape index (κ3) is 5.15. The maximum absolute atomic E-state index is 11.0. The standard InChI is InChI=1S/C18H18N4O2S/c1-13(23)20-15-4-6-16(7-5-15)25-12-2-3-17-21-18(22-24-17)14-8-10-19-11-9-14/h4-11H,2-3,12H2,1H3,(H,20,23). The Morgan fingerprint density at radius 2 is 1.92 bits per heavy atom. The number of hydrogen-bond acceptors (Lipinski definition) is 6. The van der Waals surface area contributed by atoms with Crippen LogP contribution in [-0.4, -0.2) is 26.8 Å². The quantitative estimate of drug-likeness (QED) is 0.513. The van der Waals surface area contributed by atoms with Crippen molar-refractivity contribution in [3.8, 4) is 11.4 Å². The summed E-state index contributed by atoms with van der Waals surface area (Å²) >= 11 is 1.76. The number of thioether (sulfide) groups is 1. The second-order valence-corrected chi connectivity index (χ2v) is 6.57. The van der Waals surface area contributed by atoms with Crippen LogP contribution >= 0.6 is 11.8 Å². The summed E-state index contributed by atoms with van der Waals surface area (Å²) in [6, 6.07) is 11.5. The van der Waals surface area contributed by atoms with Crippen LogP contribution in [-0.2, 0) is 11.2 Å². The van der Waals surface area contributed by atoms with Crippen molar-refractivity contribution < 1.29 is 9.32 Å². The zero-order valence-electron chi connectivity index (χ0n) is 13.8. The first-order valence-electron chi connectivity index (χ1n) is 7.94. The Morgan fingerprint density at radius 1 is 1.16 bits per heavy atom. The first-order chi connectivity index (χ1) is 12.2. The Balaban J connectivity index is 1.44. The number of amides is 1. The molecule has 1 aromatic carbocycles. The molecule has 25 heavy (non-hydrogen) atoms. The molecule has 0 spiro atoms. The highest BCUT2D eigenvalue weighted by Crippen LogP contribution is 2.22. The molecule has 0 bridgehead atoms. The van der Waals surface area contributed by atoms with Gasteiger partial charge < -0.3 is 9.84 Å². The van der Waals surface area contributed by atoms with E-state index in [2.05, 4.69) is 20.4 Å². The van der Waals surface area contributed by atoms with Crippen molar-refractivity contribution in [3.63, 3.8) is 0 Å². The summed E-state index contributed by atoms with van der Waals surface area (Å²) in [5.74, 6) is 2.13. The van der Waals surface area contributed by atoms with Crippen LogP contribution in [0.3, 0.4) is 0 Å². The zero-order valence-corrected chi connectivity index (χ0v) is 14.6. The molecule has 3 aromatic rings. The first-order valence-corrected chi connectivity index (χ1v) is 8.93. The van der Waals surface area contributed by atoms with Crippen LogP contribution in [0, 0.1) is 0 Å². The molecule has 0 aliphatic carbocycles. The Bertz CT molecular complexity index is 819. The average molecular weight is 354 g/mol. The lowest BCUT2D eigenvalue weighted by Gasteiger charge is -2.04. The number of anilines is 1. The van der Waals surface area contributed by atoms with Crippen LogP contribution in [0.15, 0.2) is 58.2 Å². The highest BCUT2D eigenvalue weighted by Gasteiger charge is 2.08. The number of pyridine rings is 1. The first kappa shape index (κ1) is 17.2. The van der Waals surface area contributed by atoms with Gasteiger partial charge in [0.25, 0.3) is 0 Å². The maximum atomic E-state index is 11.0. The van der Waals surface area contributed by atoms with E-state index in [0.29, 0.717) is 11.7 Å². The van der Waals surface area contributed by atoms with E-state index in [1.54, 1.807) is 24.2 Å². The van der Waals surface area contributed by atoms with Crippen molar-refractivity contribution in [1.82, 2.24) is 15.1 Å². The maximum Gasteiger partial charge on any atom is 0.226 e. The van der Waals surface area contributed by atoms with E-state index in [1.807, 2.05) is 36.4 Å². The Labute approximate surface area is 150 Å². The minimum Gasteiger partial charge on any atom is -0.339 e. The molecule has 0 saturated carbocycles. The lowest BCUT2D eigenvalue weighted by atomic mass is 10.2. The van der Waals surface area contributed by atoms with Gasteiger partial charge in [0.2, 0.25) is 17.6 Å². The van der Waals surface area contributed by atoms with E-state index in [4.69, 9.17) is 4.52 Å². The van der Waals surface area contributed by atoms with Crippen molar-refractivity contribution in [3.05, 3.63) is 54.7 Å². The summed E-state index contributed by atoms with van der Waals surface area (Å²) in [7, 11) is 0. The Kier molecular flexibility index (Phi) is 5.79. The minimum absolute atomic E-state index is 0.0638. The van der Waals surface area contributed by atoms with Gasteiger partial charge in [-0.05, 0) is 48.6 Å². The molecule has 128 valence electrons. The van der Waals surface area contributed by atoms with E-state index in [9.17, 15) is 4.79 Å². The van der Waals surface area contributed by atoms with Crippen LogP contribution < -0.4 is 5.32 Å². The molecule has 2 aromatic heterocycles. The zero-order chi connectivity index (χ0) is 17.5. The van der Waals surface area contributed by atoms with Crippen LogP contribution in [0.5, 0.6) is 0 Å². The molecule has 6 nitrogen and oxygen atoms in total. The lowest BCUT2D eigenvalue weighted by Crippen LogP contribution is -2.05. The van der Waals surface area contributed by atoms with Crippen molar-refractivity contribution >= 4 is 23.4 Å². The fourth-order valence-corrected chi connectivity index (χ4v) is 3.08. The summed E-state index contributed by atoms with van der Waals surface area (Å²) < 4.78 is 5.29. The Hall–Kier alpha value is -2.67. The minimum atomic E-state index is -0.0638. The second kappa shape index (κ2) is 8.43. The molecule has 1 amide bonds. The largest absolute Gasteiger partial charge is 0.339 e. The molecular formula is C18H18N4O2S. The monoisotopic (exact) mass is 354 g/mol. The van der Waals surface area contributed by atoms with Crippen molar-refractivity contribution in [2.45, 2.75) is 24.7 Å². The topological polar surface area (TPSA) is 80.9 Å². The van der Waals surface area contributed by atoms with Crippen LogP contribution in [0.25, 0.3) is 11.4 Å². The number of carbonyl (C=O) groups is 1. The van der Waals surface area contributed by atoms with E-state index in [1.165, 1.54) is 6.92 Å². The number of aryl methyl sites for hydroxylation is 1. The fraction of sp³-hybridized carbons (Fsp3) is 0.222. The Morgan fingerprint density at radius 3 is 2.64 bits per heavy atom. The second-order valence-electron chi connectivity index (χ2n) is 5.41. The van der Waals surface area contributed by atoms with Gasteiger partial charge in [0.1, 0.15) is 0 Å². The molecule has 2 heterocycles. The van der Waals surface area contributed by atoms with E-state index in [0.717, 1.165) is 34.7 Å². The number of carbonyl (C=O) groups excluding carboxylic acids is 1. The molecule has 0 atom stereocenters. The van der Waals surface area contributed by atoms with Gasteiger partial charge in [0, 0.05) is 41.9 Å². The van der Waals surface area contributed by atoms with E-state index in [-0.39, 0.29) is 5.91 Å². The molecule has 3 rings (SSSR count). The molecule has 0 radical (unpaired) electrons. The predicted molar refractivity (Wildman–Crippen MR) is 97.3 cm³/mol. The molecular weight excluding hydrogens is 336 g/mol. The number of benzene rings is 1. The predicted octanol–water partition coefficient (Wildman–Crippen LogP) is 3.81. The highest BCUT2D eigenvalue weighted by molar-refractivity contribution is 7.99. The van der Waals surface area contributed by atoms with Crippen molar-refractivity contribution in [2.75, 3.05) is 11.1 Å². The number of aromatic nitrogens is 3. The number of nitrogens with one attached hydrogen (secondary N) is 1. The van der Waals surface area contributed by atoms with Gasteiger partial charge in [0.15, 0.2) is 0 Å². The summed E-state index contributed by atoms with van der Waals surface area (Å²) in [5.41, 5.74) is 1.71. The van der Waals surface area contributed by atoms with E-state index < -0.39 is 0 Å². The third-order valence-corrected chi connectivity index (χ3v) is 4.48. The number of nitrogens with zero attached hydrogens (tertiary/aromatic N) is 3. The summed E-state index contributed by atoms with van der Waals surface area (Å²) in [6.07, 6.45) is 5.10. The van der Waals surface area contributed by atoms with Gasteiger partial charge in [-0.1, -0.05) is 5.16 Å². The van der Waals surface area contributed by atoms with Gasteiger partial charge in [-0.3, -0.25) is 9.78 Å². The summed E-state index contributed by atoms with van der Waals surface area (Å²) in [6.45, 7) is 1.50. The lowest BCUT2D eigenvalue weighted by molar-refractivity contribution is -0.114. The molecule has 0 saturated heterocycles. The van der Waals surface area contributed by atoms with Crippen LogP contribution in [0.1, 0.15) is 19.2 Å². The molecule has 0 aliphatic rings. The molecule has 0 aliphatic heterocycles. The van der Waals surface area contributed by atoms with Gasteiger partial charge >= 0.3 is 0 Å². The number of hydrogen-bond donors (Lipinski definition) is 1. The van der Waals surface area contributed by atoms with Gasteiger partial charge in [-0.25, -0.2) is 0 Å². The summed E-state index contributed by atoms with van der Waals surface area (Å²) in [4.78, 5) is 20.5. The highest BCUT2D eigenvalue weighted by atomic mass is 32.2. The van der Waals surface area contributed by atoms with E-state index >= 15 is 0 Å². The van der Waals surface area contributed by atoms with Crippen LogP contribution in [0.2, 0.25) is 0 Å². The van der Waals surface area contributed by atoms with Crippen molar-refractivity contribution in [1.29, 1.82) is 0 Å². The van der Waals surface area contributed by atoms with Crippen molar-refractivity contribution in [2.24, 2.45) is 0 Å². The van der Waals surface area contributed by atoms with Gasteiger partial charge in [-0.15, -0.1) is 11.8 Å². The fourth-order valence-electron chi connectivity index (χ4n) is 2.23.